The fourth-order valence-corrected chi connectivity index (χ4v) is 4.17. The molecule has 2 aromatic heterocycles. The largest absolute Gasteiger partial charge is 0.497 e. The highest BCUT2D eigenvalue weighted by molar-refractivity contribution is 5.80. The second-order valence-corrected chi connectivity index (χ2v) is 8.23. The molecule has 1 saturated heterocycles. The summed E-state index contributed by atoms with van der Waals surface area (Å²) in [6.45, 7) is 2.21. The van der Waals surface area contributed by atoms with Gasteiger partial charge >= 0.3 is 0 Å². The SMILES string of the molecule is COc1cc(OC)cc(-c2nc(-c3ccc4c(c3)nnn4CCC(=O)N3CCCCC3)no2)c1. The second-order valence-electron chi connectivity index (χ2n) is 8.23. The molecule has 5 rings (SSSR count). The average Bonchev–Trinajstić information content (AvgIpc) is 3.54. The van der Waals surface area contributed by atoms with E-state index in [0.717, 1.165) is 37.0 Å². The molecule has 2 aromatic carbocycles. The van der Waals surface area contributed by atoms with Crippen molar-refractivity contribution in [2.45, 2.75) is 32.2 Å². The molecule has 0 aliphatic carbocycles. The van der Waals surface area contributed by atoms with E-state index in [0.29, 0.717) is 47.3 Å². The minimum Gasteiger partial charge on any atom is -0.497 e. The van der Waals surface area contributed by atoms with Gasteiger partial charge in [0.1, 0.15) is 17.0 Å². The Morgan fingerprint density at radius 1 is 1.00 bits per heavy atom. The summed E-state index contributed by atoms with van der Waals surface area (Å²) in [7, 11) is 3.17. The molecule has 0 bridgehead atoms. The Labute approximate surface area is 196 Å². The summed E-state index contributed by atoms with van der Waals surface area (Å²) < 4.78 is 17.9. The molecule has 34 heavy (non-hydrogen) atoms. The zero-order chi connectivity index (χ0) is 23.5. The van der Waals surface area contributed by atoms with Gasteiger partial charge in [0.25, 0.3) is 5.89 Å². The molecular weight excluding hydrogens is 436 g/mol. The van der Waals surface area contributed by atoms with Crippen molar-refractivity contribution in [2.75, 3.05) is 27.3 Å². The topological polar surface area (TPSA) is 108 Å². The third-order valence-corrected chi connectivity index (χ3v) is 6.04. The van der Waals surface area contributed by atoms with Crippen molar-refractivity contribution in [1.29, 1.82) is 0 Å². The maximum absolute atomic E-state index is 12.5. The monoisotopic (exact) mass is 462 g/mol. The first-order chi connectivity index (χ1) is 16.6. The van der Waals surface area contributed by atoms with Crippen LogP contribution in [0.5, 0.6) is 11.5 Å². The van der Waals surface area contributed by atoms with Gasteiger partial charge in [-0.25, -0.2) is 4.68 Å². The number of aryl methyl sites for hydroxylation is 1. The molecule has 10 nitrogen and oxygen atoms in total. The Hall–Kier alpha value is -3.95. The first-order valence-corrected chi connectivity index (χ1v) is 11.3. The lowest BCUT2D eigenvalue weighted by molar-refractivity contribution is -0.132. The van der Waals surface area contributed by atoms with Crippen LogP contribution in [0.4, 0.5) is 0 Å². The van der Waals surface area contributed by atoms with Gasteiger partial charge in [-0.2, -0.15) is 4.98 Å². The molecule has 0 radical (unpaired) electrons. The van der Waals surface area contributed by atoms with Gasteiger partial charge in [-0.3, -0.25) is 4.79 Å². The van der Waals surface area contributed by atoms with Crippen LogP contribution in [0, 0.1) is 0 Å². The first kappa shape index (κ1) is 21.9. The van der Waals surface area contributed by atoms with Gasteiger partial charge in [-0.05, 0) is 49.6 Å². The summed E-state index contributed by atoms with van der Waals surface area (Å²) >= 11 is 0. The molecule has 0 N–H and O–H groups in total. The molecule has 0 unspecified atom stereocenters. The van der Waals surface area contributed by atoms with Crippen LogP contribution in [0.3, 0.4) is 0 Å². The highest BCUT2D eigenvalue weighted by Gasteiger charge is 2.18. The summed E-state index contributed by atoms with van der Waals surface area (Å²) in [5.74, 6) is 2.23. The lowest BCUT2D eigenvalue weighted by Crippen LogP contribution is -2.36. The summed E-state index contributed by atoms with van der Waals surface area (Å²) in [5.41, 5.74) is 3.02. The van der Waals surface area contributed by atoms with Crippen LogP contribution in [-0.4, -0.2) is 63.3 Å². The van der Waals surface area contributed by atoms with Crippen molar-refractivity contribution in [1.82, 2.24) is 30.0 Å². The molecule has 1 aliphatic heterocycles. The quantitative estimate of drug-likeness (QED) is 0.410. The van der Waals surface area contributed by atoms with E-state index in [1.54, 1.807) is 37.1 Å². The predicted octanol–water partition coefficient (Wildman–Crippen LogP) is 3.57. The molecule has 1 aliphatic rings. The predicted molar refractivity (Wildman–Crippen MR) is 124 cm³/mol. The van der Waals surface area contributed by atoms with Gasteiger partial charge in [0, 0.05) is 36.7 Å². The van der Waals surface area contributed by atoms with Crippen molar-refractivity contribution in [3.8, 4) is 34.3 Å². The maximum Gasteiger partial charge on any atom is 0.258 e. The van der Waals surface area contributed by atoms with Crippen LogP contribution >= 0.6 is 0 Å². The van der Waals surface area contributed by atoms with E-state index in [1.165, 1.54) is 6.42 Å². The van der Waals surface area contributed by atoms with Gasteiger partial charge < -0.3 is 18.9 Å². The van der Waals surface area contributed by atoms with Crippen molar-refractivity contribution in [2.24, 2.45) is 0 Å². The Morgan fingerprint density at radius 2 is 1.76 bits per heavy atom. The number of hydrogen-bond donors (Lipinski definition) is 0. The Balaban J connectivity index is 1.33. The van der Waals surface area contributed by atoms with Gasteiger partial charge in [0.2, 0.25) is 11.7 Å². The molecular formula is C24H26N6O4. The molecule has 4 aromatic rings. The molecule has 3 heterocycles. The zero-order valence-electron chi connectivity index (χ0n) is 19.2. The number of carbonyl (C=O) groups excluding carboxylic acids is 1. The van der Waals surface area contributed by atoms with Crippen LogP contribution in [-0.2, 0) is 11.3 Å². The van der Waals surface area contributed by atoms with E-state index >= 15 is 0 Å². The minimum absolute atomic E-state index is 0.175. The maximum atomic E-state index is 12.5. The number of carbonyl (C=O) groups is 1. The average molecular weight is 463 g/mol. The van der Waals surface area contributed by atoms with Crippen molar-refractivity contribution in [3.05, 3.63) is 36.4 Å². The summed E-state index contributed by atoms with van der Waals surface area (Å²) in [6.07, 6.45) is 3.79. The van der Waals surface area contributed by atoms with E-state index in [9.17, 15) is 4.79 Å². The number of nitrogens with zero attached hydrogens (tertiary/aromatic N) is 6. The Kier molecular flexibility index (Phi) is 6.11. The fourth-order valence-electron chi connectivity index (χ4n) is 4.17. The van der Waals surface area contributed by atoms with Crippen LogP contribution in [0.1, 0.15) is 25.7 Å². The molecule has 1 fully saturated rings. The molecule has 176 valence electrons. The Bertz CT molecular complexity index is 1290. The third-order valence-electron chi connectivity index (χ3n) is 6.04. The lowest BCUT2D eigenvalue weighted by Gasteiger charge is -2.26. The van der Waals surface area contributed by atoms with Gasteiger partial charge in [-0.1, -0.05) is 10.4 Å². The van der Waals surface area contributed by atoms with Crippen LogP contribution in [0.25, 0.3) is 33.9 Å². The van der Waals surface area contributed by atoms with E-state index in [1.807, 2.05) is 23.1 Å². The lowest BCUT2D eigenvalue weighted by atomic mass is 10.1. The van der Waals surface area contributed by atoms with Crippen molar-refractivity contribution in [3.63, 3.8) is 0 Å². The minimum atomic E-state index is 0.175. The second kappa shape index (κ2) is 9.50. The van der Waals surface area contributed by atoms with Crippen LogP contribution in [0.15, 0.2) is 40.9 Å². The van der Waals surface area contributed by atoms with Gasteiger partial charge in [-0.15, -0.1) is 5.10 Å². The number of aromatic nitrogens is 5. The first-order valence-electron chi connectivity index (χ1n) is 11.3. The standard InChI is InChI=1S/C24H26N6O4/c1-32-18-12-17(13-19(15-18)33-2)24-25-23(27-34-24)16-6-7-21-20(14-16)26-28-30(21)11-8-22(31)29-9-4-3-5-10-29/h6-7,12-15H,3-5,8-11H2,1-2H3. The number of amides is 1. The number of piperidine rings is 1. The Morgan fingerprint density at radius 3 is 2.50 bits per heavy atom. The number of rotatable bonds is 7. The molecule has 0 spiro atoms. The van der Waals surface area contributed by atoms with Crippen LogP contribution in [0.2, 0.25) is 0 Å². The molecule has 0 saturated carbocycles. The number of benzene rings is 2. The molecule has 0 atom stereocenters. The van der Waals surface area contributed by atoms with Crippen LogP contribution < -0.4 is 9.47 Å². The van der Waals surface area contributed by atoms with Gasteiger partial charge in [0.15, 0.2) is 0 Å². The number of methoxy groups -OCH3 is 2. The smallest absolute Gasteiger partial charge is 0.258 e. The summed E-state index contributed by atoms with van der Waals surface area (Å²) in [4.78, 5) is 19.0. The zero-order valence-corrected chi connectivity index (χ0v) is 19.2. The summed E-state index contributed by atoms with van der Waals surface area (Å²) in [5, 5.41) is 12.6. The van der Waals surface area contributed by atoms with Gasteiger partial charge in [0.05, 0.1) is 26.3 Å². The normalized spacial score (nSPS) is 13.9. The third kappa shape index (κ3) is 4.43. The molecule has 1 amide bonds. The highest BCUT2D eigenvalue weighted by Crippen LogP contribution is 2.30. The van der Waals surface area contributed by atoms with E-state index in [-0.39, 0.29) is 5.91 Å². The number of likely N-dealkylation sites (tertiary alicyclic amines) is 1. The number of ether oxygens (including phenoxy) is 2. The van der Waals surface area contributed by atoms with E-state index < -0.39 is 0 Å². The van der Waals surface area contributed by atoms with E-state index in [4.69, 9.17) is 14.0 Å². The van der Waals surface area contributed by atoms with Crippen molar-refractivity contribution >= 4 is 16.9 Å². The number of fused-ring (bicyclic) bond motifs is 1. The summed E-state index contributed by atoms with van der Waals surface area (Å²) in [6, 6.07) is 11.1. The highest BCUT2D eigenvalue weighted by atomic mass is 16.5. The van der Waals surface area contributed by atoms with Crippen molar-refractivity contribution < 1.29 is 18.8 Å². The van der Waals surface area contributed by atoms with E-state index in [2.05, 4.69) is 20.5 Å². The number of hydrogen-bond acceptors (Lipinski definition) is 8. The molecule has 10 heteroatoms. The fraction of sp³-hybridized carbons (Fsp3) is 0.375.